The Hall–Kier alpha value is -1.74. The lowest BCUT2D eigenvalue weighted by Gasteiger charge is -2.20. The maximum Gasteiger partial charge on any atom is 0.387 e. The number of nitrogens with two attached hydrogens (primary N) is 1. The average Bonchev–Trinajstić information content (AvgIpc) is 2.74. The summed E-state index contributed by atoms with van der Waals surface area (Å²) in [7, 11) is -1.58. The lowest BCUT2D eigenvalue weighted by Crippen LogP contribution is -2.11. The SMILES string of the molecule is CC(C)(C)c1cccc2c1op(OCCN)oc1c(C(C)(C)C)cccc12. The highest BCUT2D eigenvalue weighted by Crippen LogP contribution is 2.41. The Morgan fingerprint density at radius 1 is 0.815 bits per heavy atom. The highest BCUT2D eigenvalue weighted by molar-refractivity contribution is 7.31. The van der Waals surface area contributed by atoms with Crippen LogP contribution in [-0.4, -0.2) is 13.2 Å². The molecule has 2 aromatic carbocycles. The molecule has 5 heteroatoms. The van der Waals surface area contributed by atoms with Crippen LogP contribution >= 0.6 is 8.24 Å². The van der Waals surface area contributed by atoms with E-state index in [2.05, 4.69) is 77.9 Å². The summed E-state index contributed by atoms with van der Waals surface area (Å²) < 4.78 is 18.5. The zero-order valence-corrected chi connectivity index (χ0v) is 18.0. The molecule has 0 aliphatic rings. The highest BCUT2D eigenvalue weighted by atomic mass is 31.1. The second kappa shape index (κ2) is 7.35. The largest absolute Gasteiger partial charge is 0.399 e. The molecule has 0 radical (unpaired) electrons. The molecule has 0 unspecified atom stereocenters. The van der Waals surface area contributed by atoms with Crippen molar-refractivity contribution in [2.45, 2.75) is 52.4 Å². The number of rotatable bonds is 3. The second-order valence-electron chi connectivity index (χ2n) is 8.89. The van der Waals surface area contributed by atoms with Gasteiger partial charge in [-0.05, 0) is 10.8 Å². The summed E-state index contributed by atoms with van der Waals surface area (Å²) in [5.74, 6) is 0. The van der Waals surface area contributed by atoms with Crippen LogP contribution in [0, 0.1) is 0 Å². The maximum atomic E-state index is 6.33. The third-order valence-corrected chi connectivity index (χ3v) is 5.64. The lowest BCUT2D eigenvalue weighted by atomic mass is 9.84. The van der Waals surface area contributed by atoms with Crippen LogP contribution in [0.25, 0.3) is 21.9 Å². The van der Waals surface area contributed by atoms with Gasteiger partial charge in [0.1, 0.15) is 11.2 Å². The quantitative estimate of drug-likeness (QED) is 0.575. The van der Waals surface area contributed by atoms with Gasteiger partial charge in [-0.3, -0.25) is 4.52 Å². The van der Waals surface area contributed by atoms with E-state index in [9.17, 15) is 0 Å². The molecular weight excluding hydrogens is 357 g/mol. The van der Waals surface area contributed by atoms with Gasteiger partial charge in [0.2, 0.25) is 0 Å². The molecule has 1 aromatic heterocycles. The number of hydrogen-bond acceptors (Lipinski definition) is 4. The van der Waals surface area contributed by atoms with Gasteiger partial charge in [0.15, 0.2) is 0 Å². The first-order chi connectivity index (χ1) is 12.6. The zero-order chi connectivity index (χ0) is 19.8. The van der Waals surface area contributed by atoms with E-state index in [0.717, 1.165) is 33.1 Å². The molecule has 0 bridgehead atoms. The zero-order valence-electron chi connectivity index (χ0n) is 17.1. The van der Waals surface area contributed by atoms with Crippen LogP contribution < -0.4 is 10.3 Å². The van der Waals surface area contributed by atoms with E-state index in [1.807, 2.05) is 0 Å². The van der Waals surface area contributed by atoms with E-state index < -0.39 is 8.24 Å². The fourth-order valence-corrected chi connectivity index (χ4v) is 4.31. The van der Waals surface area contributed by atoms with Gasteiger partial charge < -0.3 is 14.1 Å². The normalized spacial score (nSPS) is 12.7. The minimum atomic E-state index is -1.58. The Morgan fingerprint density at radius 2 is 1.26 bits per heavy atom. The monoisotopic (exact) mass is 387 g/mol. The van der Waals surface area contributed by atoms with Crippen LogP contribution in [0.4, 0.5) is 0 Å². The van der Waals surface area contributed by atoms with Gasteiger partial charge in [-0.15, -0.1) is 0 Å². The Kier molecular flexibility index (Phi) is 5.45. The van der Waals surface area contributed by atoms with Crippen LogP contribution in [0.15, 0.2) is 44.8 Å². The Bertz CT molecular complexity index is 918. The van der Waals surface area contributed by atoms with E-state index >= 15 is 0 Å². The Morgan fingerprint density at radius 3 is 1.63 bits per heavy atom. The van der Waals surface area contributed by atoms with E-state index in [0.29, 0.717) is 13.2 Å². The Balaban J connectivity index is 2.52. The first-order valence-corrected chi connectivity index (χ1v) is 10.5. The highest BCUT2D eigenvalue weighted by Gasteiger charge is 2.23. The van der Waals surface area contributed by atoms with Crippen molar-refractivity contribution in [3.05, 3.63) is 47.5 Å². The van der Waals surface area contributed by atoms with Crippen LogP contribution in [0.5, 0.6) is 0 Å². The van der Waals surface area contributed by atoms with Crippen LogP contribution in [0.2, 0.25) is 0 Å². The number of fused-ring (bicyclic) bond motifs is 3. The molecule has 0 aliphatic carbocycles. The fourth-order valence-electron chi connectivity index (χ4n) is 3.22. The number of para-hydroxylation sites is 2. The smallest absolute Gasteiger partial charge is 0.387 e. The van der Waals surface area contributed by atoms with Crippen molar-refractivity contribution in [3.63, 3.8) is 0 Å². The summed E-state index contributed by atoms with van der Waals surface area (Å²) in [6, 6.07) is 12.6. The summed E-state index contributed by atoms with van der Waals surface area (Å²) in [6.45, 7) is 13.9. The van der Waals surface area contributed by atoms with Crippen molar-refractivity contribution >= 4 is 30.2 Å². The van der Waals surface area contributed by atoms with Gasteiger partial charge in [0.05, 0.1) is 6.61 Å². The van der Waals surface area contributed by atoms with E-state index in [1.165, 1.54) is 0 Å². The molecule has 4 nitrogen and oxygen atoms in total. The van der Waals surface area contributed by atoms with Gasteiger partial charge in [-0.1, -0.05) is 77.9 Å². The standard InChI is InChI=1S/C22H30NO3P/c1-21(2,3)17-11-7-9-15-16-10-8-12-18(22(4,5)6)20(16)26-27(24-14-13-23)25-19(15)17/h7-12H,13-14,23H2,1-6H3. The minimum absolute atomic E-state index is 0.0631. The molecule has 0 amide bonds. The summed E-state index contributed by atoms with van der Waals surface area (Å²) >= 11 is 0. The molecule has 0 saturated heterocycles. The molecule has 27 heavy (non-hydrogen) atoms. The van der Waals surface area contributed by atoms with Crippen molar-refractivity contribution in [1.82, 2.24) is 0 Å². The first kappa shape index (κ1) is 20.0. The molecular formula is C22H30NO3P. The number of hydrogen-bond donors (Lipinski definition) is 1. The van der Waals surface area contributed by atoms with E-state index in [1.54, 1.807) is 0 Å². The van der Waals surface area contributed by atoms with Crippen molar-refractivity contribution in [2.24, 2.45) is 5.73 Å². The van der Waals surface area contributed by atoms with Crippen molar-refractivity contribution in [3.8, 4) is 0 Å². The topological polar surface area (TPSA) is 61.5 Å². The molecule has 1 heterocycles. The molecule has 3 aromatic rings. The van der Waals surface area contributed by atoms with E-state index in [4.69, 9.17) is 18.7 Å². The molecule has 2 N–H and O–H groups in total. The van der Waals surface area contributed by atoms with Gasteiger partial charge in [-0.2, -0.15) is 0 Å². The van der Waals surface area contributed by atoms with Gasteiger partial charge in [-0.25, -0.2) is 0 Å². The van der Waals surface area contributed by atoms with Crippen molar-refractivity contribution in [2.75, 3.05) is 13.2 Å². The average molecular weight is 387 g/mol. The summed E-state index contributed by atoms with van der Waals surface area (Å²) in [5, 5.41) is 2.09. The summed E-state index contributed by atoms with van der Waals surface area (Å²) in [4.78, 5) is 0. The van der Waals surface area contributed by atoms with Crippen LogP contribution in [0.1, 0.15) is 52.7 Å². The molecule has 0 spiro atoms. The van der Waals surface area contributed by atoms with Crippen molar-refractivity contribution < 1.29 is 12.9 Å². The van der Waals surface area contributed by atoms with Gasteiger partial charge in [0.25, 0.3) is 0 Å². The van der Waals surface area contributed by atoms with Gasteiger partial charge >= 0.3 is 8.24 Å². The lowest BCUT2D eigenvalue weighted by molar-refractivity contribution is 0.380. The predicted molar refractivity (Wildman–Crippen MR) is 114 cm³/mol. The van der Waals surface area contributed by atoms with Crippen LogP contribution in [-0.2, 0) is 10.8 Å². The third kappa shape index (κ3) is 4.08. The molecule has 146 valence electrons. The maximum absolute atomic E-state index is 6.33. The van der Waals surface area contributed by atoms with Gasteiger partial charge in [0, 0.05) is 28.4 Å². The second-order valence-corrected chi connectivity index (χ2v) is 9.96. The number of benzene rings is 2. The van der Waals surface area contributed by atoms with Crippen LogP contribution in [0.3, 0.4) is 0 Å². The summed E-state index contributed by atoms with van der Waals surface area (Å²) in [6.07, 6.45) is 0. The third-order valence-electron chi connectivity index (χ3n) is 4.58. The molecule has 0 atom stereocenters. The van der Waals surface area contributed by atoms with E-state index in [-0.39, 0.29) is 10.8 Å². The molecule has 0 aliphatic heterocycles. The molecule has 0 saturated carbocycles. The Labute approximate surface area is 162 Å². The summed E-state index contributed by atoms with van der Waals surface area (Å²) in [5.41, 5.74) is 9.49. The molecule has 3 rings (SSSR count). The molecule has 0 fully saturated rings. The minimum Gasteiger partial charge on any atom is -0.399 e. The fraction of sp³-hybridized carbons (Fsp3) is 0.455. The van der Waals surface area contributed by atoms with Crippen molar-refractivity contribution in [1.29, 1.82) is 0 Å². The predicted octanol–water partition coefficient (Wildman–Crippen LogP) is 6.27. The first-order valence-electron chi connectivity index (χ1n) is 9.39.